The van der Waals surface area contributed by atoms with Gasteiger partial charge in [-0.2, -0.15) is 0 Å². The zero-order valence-electron chi connectivity index (χ0n) is 33.1. The Balaban J connectivity index is 1.66. The van der Waals surface area contributed by atoms with Crippen LogP contribution in [0.5, 0.6) is 0 Å². The number of para-hydroxylation sites is 2. The molecule has 3 heteroatoms. The number of nitrogens with zero attached hydrogens (tertiary/aromatic N) is 2. The van der Waals surface area contributed by atoms with Crippen molar-refractivity contribution in [3.8, 4) is 0 Å². The quantitative estimate of drug-likeness (QED) is 0.173. The summed E-state index contributed by atoms with van der Waals surface area (Å²) in [5.74, 6) is 3.15. The van der Waals surface area contributed by atoms with Gasteiger partial charge in [0, 0.05) is 12.4 Å². The first kappa shape index (κ1) is 35.8. The lowest BCUT2D eigenvalue weighted by Gasteiger charge is -2.34. The van der Waals surface area contributed by atoms with E-state index >= 15 is 0 Å². The van der Waals surface area contributed by atoms with E-state index < -0.39 is 0 Å². The van der Waals surface area contributed by atoms with E-state index in [4.69, 9.17) is 0 Å². The molecule has 2 aliphatic rings. The summed E-state index contributed by atoms with van der Waals surface area (Å²) in [5.41, 5.74) is 19.8. The minimum Gasteiger partial charge on any atom is -0.301 e. The third-order valence-corrected chi connectivity index (χ3v) is 11.2. The summed E-state index contributed by atoms with van der Waals surface area (Å²) in [7, 11) is 0. The smallest absolute Gasteiger partial charge is 0.218 e. The summed E-state index contributed by atoms with van der Waals surface area (Å²) in [6.45, 7) is 30.5. The average molecular weight is 663 g/mol. The monoisotopic (exact) mass is 662 g/mol. The van der Waals surface area contributed by atoms with Crippen molar-refractivity contribution in [1.29, 1.82) is 0 Å². The lowest BCUT2D eigenvalue weighted by molar-refractivity contribution is 0.818. The number of anilines is 2. The molecule has 260 valence electrons. The highest BCUT2D eigenvalue weighted by atomic mass is 15.4. The Kier molecular flexibility index (Phi) is 10.0. The van der Waals surface area contributed by atoms with Gasteiger partial charge in [-0.15, -0.1) is 0 Å². The van der Waals surface area contributed by atoms with Gasteiger partial charge in [-0.05, 0) is 98.9 Å². The fraction of sp³-hybridized carbons (Fsp3) is 0.404. The molecule has 0 saturated heterocycles. The lowest BCUT2D eigenvalue weighted by atomic mass is 9.34. The van der Waals surface area contributed by atoms with Crippen LogP contribution in [-0.2, 0) is 6.42 Å². The Labute approximate surface area is 304 Å². The maximum Gasteiger partial charge on any atom is 0.218 e. The van der Waals surface area contributed by atoms with Crippen molar-refractivity contribution < 1.29 is 0 Å². The number of aryl methyl sites for hydroxylation is 5. The van der Waals surface area contributed by atoms with Gasteiger partial charge in [-0.1, -0.05) is 160 Å². The van der Waals surface area contributed by atoms with E-state index in [0.717, 1.165) is 6.42 Å². The second kappa shape index (κ2) is 14.0. The van der Waals surface area contributed by atoms with Crippen molar-refractivity contribution in [3.63, 3.8) is 0 Å². The van der Waals surface area contributed by atoms with Gasteiger partial charge in [-0.25, -0.2) is 0 Å². The summed E-state index contributed by atoms with van der Waals surface area (Å²) in [4.78, 5) is 5.11. The molecule has 0 unspecified atom stereocenters. The van der Waals surface area contributed by atoms with Crippen LogP contribution in [0, 0.1) is 34.6 Å². The van der Waals surface area contributed by atoms with Gasteiger partial charge in [0.15, 0.2) is 0 Å². The Morgan fingerprint density at radius 2 is 0.940 bits per heavy atom. The fourth-order valence-electron chi connectivity index (χ4n) is 9.17. The summed E-state index contributed by atoms with van der Waals surface area (Å²) in [5, 5.41) is 0. The van der Waals surface area contributed by atoms with Gasteiger partial charge >= 0.3 is 0 Å². The van der Waals surface area contributed by atoms with Gasteiger partial charge in [-0.3, -0.25) is 0 Å². The van der Waals surface area contributed by atoms with E-state index in [1.54, 1.807) is 0 Å². The molecule has 0 spiro atoms. The standard InChI is InChI=1S/C47H59BN2/c1-28(2)39-16-14-17-40(29(3)4)46(39)49-20-21-50(47-41(30(5)6)18-15-19-42(47)31(7)8)43(49)27-38-26-37-25-33(10)24-36(13)45(37)48(38)44-34(11)22-32(9)23-35(44)12/h14-25,27-31,38H,26H2,1-13H3/t38-/m0/s1. The maximum atomic E-state index is 2.67. The van der Waals surface area contributed by atoms with Crippen molar-refractivity contribution in [3.05, 3.63) is 141 Å². The number of fused-ring (bicyclic) bond motifs is 1. The molecule has 1 atom stereocenters. The first-order chi connectivity index (χ1) is 23.7. The summed E-state index contributed by atoms with van der Waals surface area (Å²) in [6, 6.07) is 23.6. The fourth-order valence-corrected chi connectivity index (χ4v) is 9.17. The molecule has 4 aromatic carbocycles. The predicted octanol–water partition coefficient (Wildman–Crippen LogP) is 11.6. The predicted molar refractivity (Wildman–Crippen MR) is 220 cm³/mol. The van der Waals surface area contributed by atoms with E-state index in [2.05, 4.69) is 179 Å². The molecule has 2 aliphatic heterocycles. The van der Waals surface area contributed by atoms with Gasteiger partial charge < -0.3 is 9.80 Å². The largest absolute Gasteiger partial charge is 0.301 e. The highest BCUT2D eigenvalue weighted by Crippen LogP contribution is 2.46. The van der Waals surface area contributed by atoms with Gasteiger partial charge in [0.1, 0.15) is 5.82 Å². The van der Waals surface area contributed by atoms with Gasteiger partial charge in [0.05, 0.1) is 11.4 Å². The van der Waals surface area contributed by atoms with Crippen LogP contribution < -0.4 is 20.7 Å². The number of rotatable bonds is 8. The third-order valence-electron chi connectivity index (χ3n) is 11.2. The number of hydrogen-bond donors (Lipinski definition) is 0. The zero-order chi connectivity index (χ0) is 36.2. The molecule has 0 fully saturated rings. The molecule has 0 bridgehead atoms. The molecular weight excluding hydrogens is 603 g/mol. The third kappa shape index (κ3) is 6.38. The van der Waals surface area contributed by atoms with Crippen LogP contribution in [0.25, 0.3) is 0 Å². The molecule has 2 heterocycles. The Morgan fingerprint density at radius 1 is 0.560 bits per heavy atom. The molecule has 6 rings (SSSR count). The summed E-state index contributed by atoms with van der Waals surface area (Å²) >= 11 is 0. The summed E-state index contributed by atoms with van der Waals surface area (Å²) in [6.07, 6.45) is 8.41. The van der Waals surface area contributed by atoms with E-state index in [1.165, 1.54) is 83.8 Å². The van der Waals surface area contributed by atoms with Crippen molar-refractivity contribution in [2.75, 3.05) is 9.80 Å². The molecule has 4 aromatic rings. The molecule has 50 heavy (non-hydrogen) atoms. The minimum atomic E-state index is 0.290. The average Bonchev–Trinajstić information content (AvgIpc) is 3.60. The van der Waals surface area contributed by atoms with Gasteiger partial charge in [0.2, 0.25) is 6.71 Å². The van der Waals surface area contributed by atoms with Crippen LogP contribution >= 0.6 is 0 Å². The second-order valence-electron chi connectivity index (χ2n) is 16.6. The zero-order valence-corrected chi connectivity index (χ0v) is 33.1. The first-order valence-electron chi connectivity index (χ1n) is 19.1. The van der Waals surface area contributed by atoms with E-state index in [9.17, 15) is 0 Å². The molecule has 0 N–H and O–H groups in total. The minimum absolute atomic E-state index is 0.290. The Bertz CT molecular complexity index is 1820. The van der Waals surface area contributed by atoms with Crippen molar-refractivity contribution in [2.45, 2.75) is 126 Å². The van der Waals surface area contributed by atoms with Crippen LogP contribution in [-0.4, -0.2) is 6.71 Å². The molecule has 0 amide bonds. The molecular formula is C47H59BN2. The maximum absolute atomic E-state index is 2.67. The van der Waals surface area contributed by atoms with Crippen LogP contribution in [0.15, 0.2) is 85.0 Å². The first-order valence-corrected chi connectivity index (χ1v) is 19.1. The second-order valence-corrected chi connectivity index (χ2v) is 16.6. The molecule has 0 aliphatic carbocycles. The number of benzene rings is 4. The molecule has 0 radical (unpaired) electrons. The Morgan fingerprint density at radius 3 is 1.34 bits per heavy atom. The number of hydrogen-bond acceptors (Lipinski definition) is 2. The van der Waals surface area contributed by atoms with Crippen molar-refractivity contribution in [2.24, 2.45) is 0 Å². The van der Waals surface area contributed by atoms with E-state index in [-0.39, 0.29) is 6.71 Å². The van der Waals surface area contributed by atoms with Crippen LogP contribution in [0.3, 0.4) is 0 Å². The van der Waals surface area contributed by atoms with Crippen LogP contribution in [0.2, 0.25) is 5.82 Å². The Hall–Kier alpha value is -3.98. The van der Waals surface area contributed by atoms with E-state index in [1.807, 2.05) is 0 Å². The number of allylic oxidation sites excluding steroid dienone is 1. The normalized spacial score (nSPS) is 15.9. The lowest BCUT2D eigenvalue weighted by Crippen LogP contribution is -2.46. The van der Waals surface area contributed by atoms with Crippen LogP contribution in [0.1, 0.15) is 135 Å². The van der Waals surface area contributed by atoms with E-state index in [0.29, 0.717) is 29.5 Å². The topological polar surface area (TPSA) is 6.48 Å². The highest BCUT2D eigenvalue weighted by Gasteiger charge is 2.41. The molecule has 0 saturated carbocycles. The molecule has 2 nitrogen and oxygen atoms in total. The van der Waals surface area contributed by atoms with Crippen molar-refractivity contribution >= 4 is 29.0 Å². The highest BCUT2D eigenvalue weighted by molar-refractivity contribution is 6.89. The SMILES string of the molecule is Cc1cc(C)c(B2c3c(C)cc(C)cc3C[C@H]2C=C2N(c3c(C(C)C)cccc3C(C)C)C=CN2c2c(C(C)C)cccc2C(C)C)c(C)c1. The van der Waals surface area contributed by atoms with Crippen molar-refractivity contribution in [1.82, 2.24) is 0 Å². The van der Waals surface area contributed by atoms with Crippen LogP contribution in [0.4, 0.5) is 11.4 Å². The summed E-state index contributed by atoms with van der Waals surface area (Å²) < 4.78 is 0. The van der Waals surface area contributed by atoms with Gasteiger partial charge in [0.25, 0.3) is 0 Å². The molecule has 0 aromatic heterocycles.